The van der Waals surface area contributed by atoms with Crippen molar-refractivity contribution in [3.63, 3.8) is 0 Å². The predicted octanol–water partition coefficient (Wildman–Crippen LogP) is 0.697. The molecule has 4 atom stereocenters. The molecule has 26 heavy (non-hydrogen) atoms. The van der Waals surface area contributed by atoms with Gasteiger partial charge in [-0.1, -0.05) is 0 Å². The molecule has 2 heterocycles. The van der Waals surface area contributed by atoms with Crippen molar-refractivity contribution >= 4 is 11.9 Å². The molecule has 1 saturated heterocycles. The second-order valence-corrected chi connectivity index (χ2v) is 7.29. The first-order valence-corrected chi connectivity index (χ1v) is 8.90. The van der Waals surface area contributed by atoms with Crippen LogP contribution in [0.3, 0.4) is 0 Å². The molecule has 0 spiro atoms. The highest BCUT2D eigenvalue weighted by molar-refractivity contribution is 5.73. The van der Waals surface area contributed by atoms with E-state index in [1.807, 2.05) is 0 Å². The summed E-state index contributed by atoms with van der Waals surface area (Å²) in [6.07, 6.45) is 2.70. The Labute approximate surface area is 150 Å². The average Bonchev–Trinajstić information content (AvgIpc) is 3.05. The number of aromatic nitrogens is 4. The Hall–Kier alpha value is -2.10. The predicted molar refractivity (Wildman–Crippen MR) is 86.6 cm³/mol. The van der Waals surface area contributed by atoms with E-state index in [1.165, 1.54) is 6.92 Å². The molecule has 2 aliphatic rings. The van der Waals surface area contributed by atoms with Crippen LogP contribution in [0.15, 0.2) is 0 Å². The highest BCUT2D eigenvalue weighted by Gasteiger charge is 2.44. The van der Waals surface area contributed by atoms with Crippen LogP contribution in [0.1, 0.15) is 44.9 Å². The number of halogens is 1. The number of carbonyl (C=O) groups is 2. The summed E-state index contributed by atoms with van der Waals surface area (Å²) in [7, 11) is 0. The summed E-state index contributed by atoms with van der Waals surface area (Å²) in [6.45, 7) is 1.82. The summed E-state index contributed by atoms with van der Waals surface area (Å²) < 4.78 is 20.1. The molecule has 1 aromatic heterocycles. The lowest BCUT2D eigenvalue weighted by Gasteiger charge is -2.44. The fourth-order valence-electron chi connectivity index (χ4n) is 3.97. The van der Waals surface area contributed by atoms with Gasteiger partial charge < -0.3 is 15.2 Å². The molecule has 1 saturated carbocycles. The van der Waals surface area contributed by atoms with Crippen LogP contribution >= 0.6 is 0 Å². The summed E-state index contributed by atoms with van der Waals surface area (Å²) in [5.41, 5.74) is -1.33. The standard InChI is InChI=1S/C16H24FN5O4/c1-10(23)26-9-22-20-14(19-21-22)3-5-16(17)4-2-11-8-18-13(15(24)25)6-12(11)7-16/h11-13,18H,2-9H2,1H3,(H,24,25)/t11-,12-,13-,16-/m0/s1. The lowest BCUT2D eigenvalue weighted by Crippen LogP contribution is -2.51. The average molecular weight is 369 g/mol. The van der Waals surface area contributed by atoms with Crippen LogP contribution in [0.5, 0.6) is 0 Å². The number of hydrogen-bond donors (Lipinski definition) is 2. The fourth-order valence-corrected chi connectivity index (χ4v) is 3.97. The van der Waals surface area contributed by atoms with Crippen LogP contribution in [0.4, 0.5) is 4.39 Å². The topological polar surface area (TPSA) is 119 Å². The summed E-state index contributed by atoms with van der Waals surface area (Å²) in [4.78, 5) is 23.1. The molecule has 0 aromatic carbocycles. The van der Waals surface area contributed by atoms with Crippen LogP contribution in [-0.2, 0) is 27.5 Å². The third kappa shape index (κ3) is 4.54. The molecule has 2 N–H and O–H groups in total. The summed E-state index contributed by atoms with van der Waals surface area (Å²) in [5.74, 6) is -0.469. The Bertz CT molecular complexity index is 669. The molecule has 1 aromatic rings. The number of carbonyl (C=O) groups excluding carboxylic acids is 1. The van der Waals surface area contributed by atoms with Gasteiger partial charge in [-0.3, -0.25) is 9.59 Å². The minimum atomic E-state index is -1.33. The van der Waals surface area contributed by atoms with Crippen LogP contribution in [0, 0.1) is 11.8 Å². The highest BCUT2D eigenvalue weighted by Crippen LogP contribution is 2.44. The van der Waals surface area contributed by atoms with Gasteiger partial charge in [0.15, 0.2) is 5.82 Å². The molecular formula is C16H24FN5O4. The van der Waals surface area contributed by atoms with Gasteiger partial charge in [-0.15, -0.1) is 15.0 Å². The van der Waals surface area contributed by atoms with E-state index in [0.29, 0.717) is 44.0 Å². The minimum absolute atomic E-state index is 0.0868. The van der Waals surface area contributed by atoms with E-state index in [0.717, 1.165) is 11.2 Å². The number of tetrazole rings is 1. The summed E-state index contributed by atoms with van der Waals surface area (Å²) in [6, 6.07) is -0.582. The number of rotatable bonds is 6. The van der Waals surface area contributed by atoms with E-state index < -0.39 is 23.6 Å². The second kappa shape index (κ2) is 7.65. The maximum Gasteiger partial charge on any atom is 0.320 e. The zero-order valence-electron chi connectivity index (χ0n) is 14.7. The monoisotopic (exact) mass is 369 g/mol. The molecule has 0 bridgehead atoms. The van der Waals surface area contributed by atoms with Crippen molar-refractivity contribution in [3.8, 4) is 0 Å². The number of piperidine rings is 1. The number of nitrogens with one attached hydrogen (secondary N) is 1. The van der Waals surface area contributed by atoms with E-state index in [-0.39, 0.29) is 19.1 Å². The zero-order chi connectivity index (χ0) is 18.7. The molecule has 144 valence electrons. The molecule has 1 aliphatic heterocycles. The van der Waals surface area contributed by atoms with Gasteiger partial charge in [0.25, 0.3) is 0 Å². The quantitative estimate of drug-likeness (QED) is 0.703. The molecule has 3 rings (SSSR count). The first-order chi connectivity index (χ1) is 12.3. The number of nitrogens with zero attached hydrogens (tertiary/aromatic N) is 4. The number of hydrogen-bond acceptors (Lipinski definition) is 7. The Balaban J connectivity index is 1.53. The van der Waals surface area contributed by atoms with Crippen LogP contribution in [0.2, 0.25) is 0 Å². The minimum Gasteiger partial charge on any atom is -0.480 e. The van der Waals surface area contributed by atoms with E-state index in [9.17, 15) is 14.7 Å². The van der Waals surface area contributed by atoms with Gasteiger partial charge in [0.05, 0.1) is 0 Å². The SMILES string of the molecule is CC(=O)OCn1nnc(CC[C@@]2(F)CC[C@H]3CN[C@H](C(=O)O)C[C@H]3C2)n1. The smallest absolute Gasteiger partial charge is 0.320 e. The van der Waals surface area contributed by atoms with Gasteiger partial charge in [-0.25, -0.2) is 4.39 Å². The van der Waals surface area contributed by atoms with Crippen molar-refractivity contribution in [2.24, 2.45) is 11.8 Å². The number of ether oxygens (including phenoxy) is 1. The third-order valence-corrected chi connectivity index (χ3v) is 5.40. The van der Waals surface area contributed by atoms with Crippen molar-refractivity contribution in [2.45, 2.75) is 63.9 Å². The molecule has 0 radical (unpaired) electrons. The number of carboxylic acid groups (broad SMARTS) is 1. The molecule has 9 nitrogen and oxygen atoms in total. The van der Waals surface area contributed by atoms with Crippen LogP contribution < -0.4 is 5.32 Å². The Morgan fingerprint density at radius 3 is 3.00 bits per heavy atom. The maximum absolute atomic E-state index is 15.3. The van der Waals surface area contributed by atoms with E-state index in [1.54, 1.807) is 0 Å². The van der Waals surface area contributed by atoms with Crippen molar-refractivity contribution in [3.05, 3.63) is 5.82 Å². The second-order valence-electron chi connectivity index (χ2n) is 7.29. The number of aryl methyl sites for hydroxylation is 1. The number of alkyl halides is 1. The first kappa shape index (κ1) is 18.7. The highest BCUT2D eigenvalue weighted by atomic mass is 19.1. The van der Waals surface area contributed by atoms with Crippen LogP contribution in [-0.4, -0.2) is 55.5 Å². The molecule has 10 heteroatoms. The molecule has 2 fully saturated rings. The molecule has 1 aliphatic carbocycles. The first-order valence-electron chi connectivity index (χ1n) is 8.90. The van der Waals surface area contributed by atoms with Crippen molar-refractivity contribution < 1.29 is 23.8 Å². The van der Waals surface area contributed by atoms with Crippen LogP contribution in [0.25, 0.3) is 0 Å². The van der Waals surface area contributed by atoms with Gasteiger partial charge in [0, 0.05) is 13.3 Å². The van der Waals surface area contributed by atoms with Gasteiger partial charge in [-0.05, 0) is 55.7 Å². The number of esters is 1. The Morgan fingerprint density at radius 2 is 2.27 bits per heavy atom. The number of aliphatic carboxylic acids is 1. The summed E-state index contributed by atoms with van der Waals surface area (Å²) >= 11 is 0. The van der Waals surface area contributed by atoms with E-state index in [4.69, 9.17) is 4.74 Å². The lowest BCUT2D eigenvalue weighted by atomic mass is 9.67. The van der Waals surface area contributed by atoms with E-state index >= 15 is 4.39 Å². The molecular weight excluding hydrogens is 345 g/mol. The Kier molecular flexibility index (Phi) is 5.49. The largest absolute Gasteiger partial charge is 0.480 e. The van der Waals surface area contributed by atoms with Crippen molar-refractivity contribution in [1.82, 2.24) is 25.5 Å². The Morgan fingerprint density at radius 1 is 1.46 bits per heavy atom. The number of carboxylic acids is 1. The van der Waals surface area contributed by atoms with Crippen molar-refractivity contribution in [2.75, 3.05) is 6.54 Å². The molecule has 0 amide bonds. The zero-order valence-corrected chi connectivity index (χ0v) is 14.7. The van der Waals surface area contributed by atoms with Crippen molar-refractivity contribution in [1.29, 1.82) is 0 Å². The lowest BCUT2D eigenvalue weighted by molar-refractivity contribution is -0.145. The summed E-state index contributed by atoms with van der Waals surface area (Å²) in [5, 5.41) is 23.9. The number of fused-ring (bicyclic) bond motifs is 1. The molecule has 0 unspecified atom stereocenters. The fraction of sp³-hybridized carbons (Fsp3) is 0.812. The maximum atomic E-state index is 15.3. The van der Waals surface area contributed by atoms with Gasteiger partial charge in [0.1, 0.15) is 11.7 Å². The van der Waals surface area contributed by atoms with E-state index in [2.05, 4.69) is 20.7 Å². The van der Waals surface area contributed by atoms with Gasteiger partial charge >= 0.3 is 11.9 Å². The van der Waals surface area contributed by atoms with Gasteiger partial charge in [-0.2, -0.15) is 0 Å². The normalized spacial score (nSPS) is 31.2. The van der Waals surface area contributed by atoms with Gasteiger partial charge in [0.2, 0.25) is 6.73 Å². The third-order valence-electron chi connectivity index (χ3n) is 5.40.